The zero-order valence-corrected chi connectivity index (χ0v) is 44.4. The molecule has 5 aliphatic rings. The highest BCUT2D eigenvalue weighted by Crippen LogP contribution is 2.44. The molecule has 4 amide bonds. The minimum Gasteiger partial charge on any atom is -0.464 e. The summed E-state index contributed by atoms with van der Waals surface area (Å²) in [6.45, 7) is 19.7. The fourth-order valence-corrected chi connectivity index (χ4v) is 11.3. The molecule has 5 aliphatic heterocycles. The highest BCUT2D eigenvalue weighted by Gasteiger charge is 2.54. The number of cyclic esters (lactones) is 1. The molecule has 0 aliphatic carbocycles. The number of aromatic nitrogens is 2. The summed E-state index contributed by atoms with van der Waals surface area (Å²) in [4.78, 5) is 84.0. The molecule has 7 heterocycles. The normalized spacial score (nSPS) is 24.9. The highest BCUT2D eigenvalue weighted by atomic mass is 16.5. The maximum Gasteiger partial charge on any atom is 0.324 e. The van der Waals surface area contributed by atoms with Gasteiger partial charge in [-0.05, 0) is 122 Å². The molecule has 0 unspecified atom stereocenters. The van der Waals surface area contributed by atoms with Gasteiger partial charge in [0, 0.05) is 93.1 Å². The van der Waals surface area contributed by atoms with Gasteiger partial charge in [-0.25, -0.2) is 5.43 Å². The molecule has 0 radical (unpaired) electrons. The second-order valence-corrected chi connectivity index (χ2v) is 22.5. The van der Waals surface area contributed by atoms with Gasteiger partial charge in [-0.15, -0.1) is 0 Å². The van der Waals surface area contributed by atoms with E-state index in [1.807, 2.05) is 59.7 Å². The first-order valence-corrected chi connectivity index (χ1v) is 26.0. The second-order valence-electron chi connectivity index (χ2n) is 22.5. The Balaban J connectivity index is 1.10. The number of hydrogen-bond acceptors (Lipinski definition) is 12. The van der Waals surface area contributed by atoms with Gasteiger partial charge < -0.3 is 38.8 Å². The Bertz CT molecular complexity index is 2610. The number of rotatable bonds is 9. The molecular weight excluding hydrogens is 915 g/mol. The average Bonchev–Trinajstić information content (AvgIpc) is 4.03. The number of amides is 4. The summed E-state index contributed by atoms with van der Waals surface area (Å²) >= 11 is 0. The van der Waals surface area contributed by atoms with Gasteiger partial charge in [-0.2, -0.15) is 0 Å². The van der Waals surface area contributed by atoms with Crippen molar-refractivity contribution in [2.45, 2.75) is 136 Å². The number of carbonyl (C=O) groups excluding carboxylic acids is 5. The Morgan fingerprint density at radius 1 is 1.07 bits per heavy atom. The van der Waals surface area contributed by atoms with E-state index >= 15 is 0 Å². The number of nitrogens with one attached hydrogen (secondary N) is 2. The smallest absolute Gasteiger partial charge is 0.324 e. The summed E-state index contributed by atoms with van der Waals surface area (Å²) in [7, 11) is 5.52. The molecule has 0 saturated carbocycles. The summed E-state index contributed by atoms with van der Waals surface area (Å²) in [6, 6.07) is 7.92. The van der Waals surface area contributed by atoms with Crippen LogP contribution in [0.15, 0.2) is 36.5 Å². The number of carbonyl (C=O) groups is 5. The summed E-state index contributed by atoms with van der Waals surface area (Å²) in [5.41, 5.74) is 7.46. The molecule has 2 aromatic heterocycles. The van der Waals surface area contributed by atoms with Crippen LogP contribution >= 0.6 is 0 Å². The molecule has 4 saturated heterocycles. The van der Waals surface area contributed by atoms with Crippen LogP contribution in [-0.4, -0.2) is 162 Å². The van der Waals surface area contributed by atoms with Crippen LogP contribution in [0, 0.1) is 28.6 Å². The Morgan fingerprint density at radius 3 is 2.56 bits per heavy atom. The van der Waals surface area contributed by atoms with E-state index in [1.165, 1.54) is 5.01 Å². The van der Waals surface area contributed by atoms with Crippen molar-refractivity contribution in [3.8, 4) is 23.1 Å². The molecule has 17 heteroatoms. The predicted octanol–water partition coefficient (Wildman–Crippen LogP) is 4.95. The molecule has 72 heavy (non-hydrogen) atoms. The number of nitrogens with zero attached hydrogens (tertiary/aromatic N) is 7. The zero-order chi connectivity index (χ0) is 51.9. The fourth-order valence-electron chi connectivity index (χ4n) is 11.3. The monoisotopic (exact) mass is 992 g/mol. The summed E-state index contributed by atoms with van der Waals surface area (Å²) in [5, 5.41) is 5.67. The topological polar surface area (TPSA) is 171 Å². The molecule has 1 aromatic carbocycles. The number of likely N-dealkylation sites (tertiary alicyclic amines) is 2. The van der Waals surface area contributed by atoms with Crippen LogP contribution in [0.1, 0.15) is 105 Å². The van der Waals surface area contributed by atoms with Gasteiger partial charge in [-0.3, -0.25) is 38.9 Å². The van der Waals surface area contributed by atoms with Gasteiger partial charge in [-0.1, -0.05) is 33.6 Å². The second kappa shape index (κ2) is 21.1. The maximum atomic E-state index is 14.9. The van der Waals surface area contributed by atoms with E-state index in [9.17, 15) is 24.0 Å². The van der Waals surface area contributed by atoms with Crippen LogP contribution in [0.5, 0.6) is 0 Å². The van der Waals surface area contributed by atoms with Gasteiger partial charge in [0.05, 0.1) is 47.8 Å². The molecule has 8 rings (SSSR count). The largest absolute Gasteiger partial charge is 0.464 e. The molecule has 3 aromatic rings. The van der Waals surface area contributed by atoms with E-state index in [1.54, 1.807) is 23.1 Å². The lowest BCUT2D eigenvalue weighted by molar-refractivity contribution is -0.156. The minimum absolute atomic E-state index is 0.138. The fraction of sp³-hybridized carbons (Fsp3) is 0.636. The molecule has 2 N–H and O–H groups in total. The van der Waals surface area contributed by atoms with Crippen molar-refractivity contribution in [1.29, 1.82) is 0 Å². The highest BCUT2D eigenvalue weighted by molar-refractivity contribution is 5.98. The first-order valence-electron chi connectivity index (χ1n) is 26.0. The number of hydrogen-bond donors (Lipinski definition) is 2. The van der Waals surface area contributed by atoms with Gasteiger partial charge in [0.2, 0.25) is 11.8 Å². The molecule has 390 valence electrons. The number of fused-ring (bicyclic) bond motifs is 6. The molecule has 1 spiro atoms. The lowest BCUT2D eigenvalue weighted by Gasteiger charge is -2.39. The Kier molecular flexibility index (Phi) is 15.5. The van der Waals surface area contributed by atoms with E-state index in [0.29, 0.717) is 78.0 Å². The number of morpholine rings is 1. The van der Waals surface area contributed by atoms with Gasteiger partial charge in [0.15, 0.2) is 0 Å². The number of hydrazine groups is 1. The Labute approximate surface area is 425 Å². The third-order valence-corrected chi connectivity index (χ3v) is 15.9. The number of methoxy groups -OCH3 is 1. The molecule has 4 fully saturated rings. The summed E-state index contributed by atoms with van der Waals surface area (Å²) in [6.07, 6.45) is 3.83. The van der Waals surface area contributed by atoms with Crippen LogP contribution in [0.25, 0.3) is 22.2 Å². The van der Waals surface area contributed by atoms with E-state index in [-0.39, 0.29) is 43.4 Å². The minimum atomic E-state index is -1.06. The molecular formula is C55H77N9O8. The predicted molar refractivity (Wildman–Crippen MR) is 275 cm³/mol. The van der Waals surface area contributed by atoms with Crippen LogP contribution in [0.3, 0.4) is 0 Å². The van der Waals surface area contributed by atoms with Gasteiger partial charge in [0.1, 0.15) is 18.1 Å². The van der Waals surface area contributed by atoms with Crippen molar-refractivity contribution in [3.63, 3.8) is 0 Å². The third kappa shape index (κ3) is 10.6. The van der Waals surface area contributed by atoms with Crippen LogP contribution in [0.4, 0.5) is 5.69 Å². The van der Waals surface area contributed by atoms with Crippen molar-refractivity contribution in [1.82, 2.24) is 40.0 Å². The van der Waals surface area contributed by atoms with Crippen molar-refractivity contribution in [2.75, 3.05) is 78.6 Å². The average molecular weight is 992 g/mol. The van der Waals surface area contributed by atoms with Crippen LogP contribution in [0.2, 0.25) is 0 Å². The van der Waals surface area contributed by atoms with Crippen LogP contribution in [-0.2, 0) is 51.1 Å². The number of pyridine rings is 1. The molecule has 17 nitrogen and oxygen atoms in total. The third-order valence-electron chi connectivity index (χ3n) is 15.9. The number of aryl methyl sites for hydroxylation is 1. The van der Waals surface area contributed by atoms with E-state index in [2.05, 4.69) is 77.1 Å². The lowest BCUT2D eigenvalue weighted by atomic mass is 9.84. The SMILES string of the molecule is CCn1c(-c2cccnc2[C@H](C)OC)c2c3cc(ccc31)N1CCO[C@@H](C[C@H](NC(=O)[C@H](C(C)C)N3CC[C@@]4(CCN(C(=O)C#CC(C)(C)N(C)C)C4)C3=O)C(=O)N3CCC[C@H](N3)C(=O)OCC(C)(C)C2)C1. The molecule has 6 atom stereocenters. The standard InChI is InChI=1S/C55H77N9O8/c1-12-62-44-18-17-37-29-40(44)41(48(62)39-15-13-23-56-46(39)36(4)70-11)31-53(5,6)34-72-51(68)42-16-14-24-64(58-42)50(67)43(30-38-32-60(37)27-28-71-38)57-49(66)47(35(2)3)63-26-22-55(52(63)69)21-25-61(33-55)45(65)19-20-54(7,8)59(9)10/h13,15,17-18,23,29,35-36,38,42-43,47,58H,12,14,16,21-22,24-28,30-34H2,1-11H3,(H,57,66)/t36-,38-,42-,43-,47-,55+/m0/s1. The van der Waals surface area contributed by atoms with E-state index < -0.39 is 58.4 Å². The lowest BCUT2D eigenvalue weighted by Crippen LogP contribution is -2.62. The summed E-state index contributed by atoms with van der Waals surface area (Å²) < 4.78 is 20.8. The zero-order valence-electron chi connectivity index (χ0n) is 44.4. The number of benzene rings is 1. The number of ether oxygens (including phenoxy) is 3. The van der Waals surface area contributed by atoms with Crippen molar-refractivity contribution in [2.24, 2.45) is 16.7 Å². The van der Waals surface area contributed by atoms with Crippen molar-refractivity contribution in [3.05, 3.63) is 47.8 Å². The Hall–Kier alpha value is -5.54. The van der Waals surface area contributed by atoms with E-state index in [4.69, 9.17) is 19.2 Å². The Morgan fingerprint density at radius 2 is 1.83 bits per heavy atom. The van der Waals surface area contributed by atoms with E-state index in [0.717, 1.165) is 39.1 Å². The maximum absolute atomic E-state index is 14.9. The summed E-state index contributed by atoms with van der Waals surface area (Å²) in [5.74, 6) is 3.83. The van der Waals surface area contributed by atoms with Gasteiger partial charge in [0.25, 0.3) is 11.8 Å². The van der Waals surface area contributed by atoms with Crippen molar-refractivity contribution >= 4 is 46.2 Å². The van der Waals surface area contributed by atoms with Crippen molar-refractivity contribution < 1.29 is 38.2 Å². The van der Waals surface area contributed by atoms with Gasteiger partial charge >= 0.3 is 5.97 Å². The van der Waals surface area contributed by atoms with Crippen LogP contribution < -0.4 is 15.6 Å². The first kappa shape index (κ1) is 52.8. The molecule has 6 bridgehead atoms. The number of anilines is 1. The number of esters is 1. The first-order chi connectivity index (χ1) is 34.2. The quantitative estimate of drug-likeness (QED) is 0.219.